The van der Waals surface area contributed by atoms with E-state index in [0.717, 1.165) is 12.8 Å². The highest BCUT2D eigenvalue weighted by Gasteiger charge is 2.75. The summed E-state index contributed by atoms with van der Waals surface area (Å²) in [4.78, 5) is 48.2. The topological polar surface area (TPSA) is 99.6 Å². The summed E-state index contributed by atoms with van der Waals surface area (Å²) < 4.78 is 12.3. The molecule has 9 nitrogen and oxygen atoms in total. The molecule has 2 saturated heterocycles. The average molecular weight is 552 g/mol. The number of carbonyl (C=O) groups is 3. The maximum atomic E-state index is 14.5. The Labute approximate surface area is 236 Å². The van der Waals surface area contributed by atoms with Gasteiger partial charge in [-0.25, -0.2) is 0 Å². The highest BCUT2D eigenvalue weighted by molar-refractivity contribution is 6.06. The number of methoxy groups -OCH3 is 1. The molecule has 0 aliphatic carbocycles. The monoisotopic (exact) mass is 551 g/mol. The molecule has 216 valence electrons. The maximum Gasteiger partial charge on any atom is 0.253 e. The molecular weight excluding hydrogens is 510 g/mol. The number of hydrogen-bond donors (Lipinski definition) is 1. The molecular formula is C31H41N3O6. The SMILES string of the molecule is CCCN1CC=C[C@@]2(CC)O[C@]34C=CCN(c5ccc(OC)cc5)C(=O)C3N(CCCCCO)C(=O)[C@@H]4[C@H]2C1=O. The predicted octanol–water partition coefficient (Wildman–Crippen LogP) is 2.93. The number of anilines is 1. The fraction of sp³-hybridized carbons (Fsp3) is 0.581. The van der Waals surface area contributed by atoms with Gasteiger partial charge in [-0.15, -0.1) is 0 Å². The largest absolute Gasteiger partial charge is 0.497 e. The van der Waals surface area contributed by atoms with Crippen LogP contribution in [0.15, 0.2) is 48.6 Å². The third-order valence-corrected chi connectivity index (χ3v) is 8.96. The predicted molar refractivity (Wildman–Crippen MR) is 151 cm³/mol. The number of likely N-dealkylation sites (tertiary alicyclic amines) is 1. The van der Waals surface area contributed by atoms with Gasteiger partial charge < -0.3 is 29.3 Å². The number of aliphatic hydroxyl groups excluding tert-OH is 1. The van der Waals surface area contributed by atoms with E-state index in [1.807, 2.05) is 67.3 Å². The molecule has 0 bridgehead atoms. The summed E-state index contributed by atoms with van der Waals surface area (Å²) in [5.41, 5.74) is -1.53. The molecule has 9 heteroatoms. The van der Waals surface area contributed by atoms with E-state index in [1.165, 1.54) is 0 Å². The zero-order valence-electron chi connectivity index (χ0n) is 23.8. The van der Waals surface area contributed by atoms with Crippen molar-refractivity contribution in [3.63, 3.8) is 0 Å². The first-order chi connectivity index (χ1) is 19.4. The van der Waals surface area contributed by atoms with Crippen molar-refractivity contribution in [1.82, 2.24) is 9.80 Å². The summed E-state index contributed by atoms with van der Waals surface area (Å²) in [5.74, 6) is -1.35. The molecule has 4 aliphatic rings. The zero-order valence-corrected chi connectivity index (χ0v) is 23.8. The fourth-order valence-corrected chi connectivity index (χ4v) is 7.09. The first kappa shape index (κ1) is 28.4. The first-order valence-electron chi connectivity index (χ1n) is 14.6. The van der Waals surface area contributed by atoms with E-state index >= 15 is 0 Å². The van der Waals surface area contributed by atoms with Crippen molar-refractivity contribution in [2.45, 2.75) is 63.2 Å². The fourth-order valence-electron chi connectivity index (χ4n) is 7.09. The third kappa shape index (κ3) is 4.43. The number of ether oxygens (including phenoxy) is 2. The Hall–Kier alpha value is -3.17. The van der Waals surface area contributed by atoms with Crippen LogP contribution >= 0.6 is 0 Å². The van der Waals surface area contributed by atoms with E-state index in [9.17, 15) is 19.5 Å². The molecule has 0 saturated carbocycles. The second-order valence-corrected chi connectivity index (χ2v) is 11.2. The minimum atomic E-state index is -1.26. The standard InChI is InChI=1S/C31H41N3O6/c1-4-17-32-18-9-15-30(5-2)24(27(32)36)25-28(37)34(19-7-6-8-21-35)26-29(38)33(20-10-16-31(25,26)40-30)22-11-13-23(39-3)14-12-22/h9-16,24-26,35H,4-8,17-21H2,1-3H3/t24-,25-,26?,30+,31-/m0/s1. The number of hydrogen-bond acceptors (Lipinski definition) is 6. The number of benzene rings is 1. The van der Waals surface area contributed by atoms with Crippen LogP contribution in [-0.4, -0.2) is 89.8 Å². The molecule has 5 atom stereocenters. The zero-order chi connectivity index (χ0) is 28.5. The number of carbonyl (C=O) groups excluding carboxylic acids is 3. The van der Waals surface area contributed by atoms with Crippen molar-refractivity contribution >= 4 is 23.4 Å². The van der Waals surface area contributed by atoms with Crippen LogP contribution in [0.5, 0.6) is 5.75 Å². The molecule has 4 aliphatic heterocycles. The van der Waals surface area contributed by atoms with Gasteiger partial charge in [0.1, 0.15) is 17.4 Å². The Morgan fingerprint density at radius 2 is 1.68 bits per heavy atom. The number of fused-ring (bicyclic) bond motifs is 2. The molecule has 4 heterocycles. The van der Waals surface area contributed by atoms with E-state index in [1.54, 1.807) is 16.9 Å². The quantitative estimate of drug-likeness (QED) is 0.355. The van der Waals surface area contributed by atoms with Gasteiger partial charge in [-0.05, 0) is 56.4 Å². The van der Waals surface area contributed by atoms with Crippen LogP contribution in [-0.2, 0) is 19.1 Å². The number of rotatable bonds is 10. The summed E-state index contributed by atoms with van der Waals surface area (Å²) in [6.45, 7) is 5.85. The van der Waals surface area contributed by atoms with Crippen molar-refractivity contribution in [3.05, 3.63) is 48.6 Å². The minimum Gasteiger partial charge on any atom is -0.497 e. The number of aliphatic hydroxyl groups is 1. The Balaban J connectivity index is 1.60. The summed E-state index contributed by atoms with van der Waals surface area (Å²) in [7, 11) is 1.59. The van der Waals surface area contributed by atoms with E-state index in [-0.39, 0.29) is 24.3 Å². The lowest BCUT2D eigenvalue weighted by molar-refractivity contribution is -0.150. The van der Waals surface area contributed by atoms with E-state index in [4.69, 9.17) is 9.47 Å². The van der Waals surface area contributed by atoms with Crippen LogP contribution in [0.3, 0.4) is 0 Å². The normalized spacial score (nSPS) is 31.2. The second kappa shape index (κ2) is 11.4. The van der Waals surface area contributed by atoms with E-state index in [0.29, 0.717) is 56.9 Å². The molecule has 1 spiro atoms. The molecule has 3 amide bonds. The summed E-state index contributed by atoms with van der Waals surface area (Å²) in [6, 6.07) is 6.39. The number of amides is 3. The Kier molecular flexibility index (Phi) is 8.06. The Morgan fingerprint density at radius 1 is 0.925 bits per heavy atom. The molecule has 1 aromatic rings. The van der Waals surface area contributed by atoms with E-state index < -0.39 is 29.1 Å². The van der Waals surface area contributed by atoms with Crippen molar-refractivity contribution in [2.75, 3.05) is 44.8 Å². The van der Waals surface area contributed by atoms with Crippen molar-refractivity contribution in [3.8, 4) is 5.75 Å². The van der Waals surface area contributed by atoms with E-state index in [2.05, 4.69) is 0 Å². The second-order valence-electron chi connectivity index (χ2n) is 11.2. The number of unbranched alkanes of at least 4 members (excludes halogenated alkanes) is 2. The van der Waals surface area contributed by atoms with Crippen LogP contribution in [0.1, 0.15) is 46.0 Å². The van der Waals surface area contributed by atoms with Crippen LogP contribution < -0.4 is 9.64 Å². The summed E-state index contributed by atoms with van der Waals surface area (Å²) in [5, 5.41) is 9.29. The molecule has 1 aromatic carbocycles. The first-order valence-corrected chi connectivity index (χ1v) is 14.6. The van der Waals surface area contributed by atoms with Crippen LogP contribution in [0.25, 0.3) is 0 Å². The van der Waals surface area contributed by atoms with Gasteiger partial charge in [-0.2, -0.15) is 0 Å². The van der Waals surface area contributed by atoms with Gasteiger partial charge in [-0.1, -0.05) is 38.2 Å². The van der Waals surface area contributed by atoms with Crippen LogP contribution in [0.2, 0.25) is 0 Å². The van der Waals surface area contributed by atoms with Crippen molar-refractivity contribution in [2.24, 2.45) is 11.8 Å². The lowest BCUT2D eigenvalue weighted by Gasteiger charge is -2.38. The molecule has 1 unspecified atom stereocenters. The van der Waals surface area contributed by atoms with Gasteiger partial charge in [0.05, 0.1) is 24.5 Å². The van der Waals surface area contributed by atoms with Crippen molar-refractivity contribution < 1.29 is 29.0 Å². The maximum absolute atomic E-state index is 14.5. The molecule has 0 aromatic heterocycles. The average Bonchev–Trinajstić information content (AvgIpc) is 3.25. The number of nitrogens with zero attached hydrogens (tertiary/aromatic N) is 3. The van der Waals surface area contributed by atoms with Crippen LogP contribution in [0.4, 0.5) is 5.69 Å². The smallest absolute Gasteiger partial charge is 0.253 e. The Morgan fingerprint density at radius 3 is 2.35 bits per heavy atom. The molecule has 1 N–H and O–H groups in total. The molecule has 0 radical (unpaired) electrons. The van der Waals surface area contributed by atoms with Gasteiger partial charge in [0.2, 0.25) is 11.8 Å². The lowest BCUT2D eigenvalue weighted by atomic mass is 9.73. The summed E-state index contributed by atoms with van der Waals surface area (Å²) in [6.07, 6.45) is 11.1. The molecule has 5 rings (SSSR count). The minimum absolute atomic E-state index is 0.0785. The highest BCUT2D eigenvalue weighted by atomic mass is 16.5. The van der Waals surface area contributed by atoms with Gasteiger partial charge in [0.15, 0.2) is 0 Å². The Bertz CT molecular complexity index is 1180. The van der Waals surface area contributed by atoms with Gasteiger partial charge in [0.25, 0.3) is 5.91 Å². The summed E-state index contributed by atoms with van der Waals surface area (Å²) >= 11 is 0. The third-order valence-electron chi connectivity index (χ3n) is 8.96. The molecule has 40 heavy (non-hydrogen) atoms. The van der Waals surface area contributed by atoms with Crippen LogP contribution in [0, 0.1) is 11.8 Å². The van der Waals surface area contributed by atoms with Gasteiger partial charge in [-0.3, -0.25) is 14.4 Å². The van der Waals surface area contributed by atoms with Gasteiger partial charge in [0, 0.05) is 38.5 Å². The van der Waals surface area contributed by atoms with Gasteiger partial charge >= 0.3 is 0 Å². The van der Waals surface area contributed by atoms with Crippen molar-refractivity contribution in [1.29, 1.82) is 0 Å². The lowest BCUT2D eigenvalue weighted by Crippen LogP contribution is -2.56. The molecule has 2 fully saturated rings. The highest BCUT2D eigenvalue weighted by Crippen LogP contribution is 2.58.